The number of ether oxygens (including phenoxy) is 2. The highest BCUT2D eigenvalue weighted by Gasteiger charge is 2.41. The van der Waals surface area contributed by atoms with Crippen molar-refractivity contribution in [3.8, 4) is 0 Å². The third-order valence-corrected chi connectivity index (χ3v) is 4.35. The van der Waals surface area contributed by atoms with Gasteiger partial charge in [-0.2, -0.15) is 0 Å². The molecule has 1 aliphatic carbocycles. The molecule has 130 valence electrons. The Labute approximate surface area is 139 Å². The molecule has 7 heteroatoms. The summed E-state index contributed by atoms with van der Waals surface area (Å²) in [6, 6.07) is 3.80. The topological polar surface area (TPSA) is 76.7 Å². The van der Waals surface area contributed by atoms with E-state index in [-0.39, 0.29) is 17.5 Å². The van der Waals surface area contributed by atoms with Gasteiger partial charge in [-0.1, -0.05) is 0 Å². The molecule has 0 radical (unpaired) electrons. The molecule has 1 heterocycles. The fraction of sp³-hybridized carbons (Fsp3) is 0.529. The Bertz CT molecular complexity index is 643. The fourth-order valence-electron chi connectivity index (χ4n) is 3.32. The van der Waals surface area contributed by atoms with E-state index < -0.39 is 17.5 Å². The number of carbonyl (C=O) groups is 2. The van der Waals surface area contributed by atoms with Crippen molar-refractivity contribution in [1.29, 1.82) is 0 Å². The van der Waals surface area contributed by atoms with Crippen LogP contribution in [0.3, 0.4) is 0 Å². The first-order valence-corrected chi connectivity index (χ1v) is 8.13. The van der Waals surface area contributed by atoms with Gasteiger partial charge in [0, 0.05) is 31.5 Å². The van der Waals surface area contributed by atoms with Crippen molar-refractivity contribution in [2.45, 2.75) is 44.4 Å². The molecular weight excluding hydrogens is 315 g/mol. The van der Waals surface area contributed by atoms with Gasteiger partial charge >= 0.3 is 0 Å². The molecule has 24 heavy (non-hydrogen) atoms. The summed E-state index contributed by atoms with van der Waals surface area (Å²) in [4.78, 5) is 23.5. The van der Waals surface area contributed by atoms with Crippen molar-refractivity contribution in [2.75, 3.05) is 18.5 Å². The number of halogens is 1. The van der Waals surface area contributed by atoms with E-state index in [9.17, 15) is 14.0 Å². The highest BCUT2D eigenvalue weighted by molar-refractivity contribution is 5.97. The molecule has 1 spiro atoms. The molecule has 1 aliphatic heterocycles. The number of hydrogen-bond acceptors (Lipinski definition) is 4. The van der Waals surface area contributed by atoms with Crippen LogP contribution in [-0.4, -0.2) is 36.9 Å². The first-order valence-electron chi connectivity index (χ1n) is 8.13. The highest BCUT2D eigenvalue weighted by atomic mass is 19.1. The molecule has 1 aromatic rings. The van der Waals surface area contributed by atoms with E-state index in [2.05, 4.69) is 10.6 Å². The van der Waals surface area contributed by atoms with Gasteiger partial charge in [-0.3, -0.25) is 9.59 Å². The van der Waals surface area contributed by atoms with Gasteiger partial charge in [0.05, 0.1) is 18.8 Å². The monoisotopic (exact) mass is 336 g/mol. The first kappa shape index (κ1) is 16.9. The third-order valence-electron chi connectivity index (χ3n) is 4.35. The van der Waals surface area contributed by atoms with Crippen LogP contribution in [0, 0.1) is 5.82 Å². The minimum absolute atomic E-state index is 0.0888. The molecular formula is C17H21FN2O4. The standard InChI is InChI=1S/C17H21FN2O4/c1-11(21)19-12-4-5-15(18)14(9-12)16(22)20-13-3-2-6-17(10-13)23-7-8-24-17/h4-5,9,13H,2-3,6-8,10H2,1H3,(H,19,21)(H,20,22). The van der Waals surface area contributed by atoms with Crippen LogP contribution in [0.25, 0.3) is 0 Å². The molecule has 0 aromatic heterocycles. The van der Waals surface area contributed by atoms with Crippen LogP contribution in [-0.2, 0) is 14.3 Å². The molecule has 2 N–H and O–H groups in total. The Kier molecular flexibility index (Phi) is 4.82. The number of amides is 2. The summed E-state index contributed by atoms with van der Waals surface area (Å²) in [5, 5.41) is 5.40. The van der Waals surface area contributed by atoms with Gasteiger partial charge in [-0.25, -0.2) is 4.39 Å². The molecule has 2 aliphatic rings. The maximum atomic E-state index is 14.0. The molecule has 2 fully saturated rings. The van der Waals surface area contributed by atoms with Gasteiger partial charge in [-0.15, -0.1) is 0 Å². The Hall–Kier alpha value is -1.99. The molecule has 1 atom stereocenters. The van der Waals surface area contributed by atoms with E-state index >= 15 is 0 Å². The van der Waals surface area contributed by atoms with Crippen LogP contribution in [0.2, 0.25) is 0 Å². The van der Waals surface area contributed by atoms with Gasteiger partial charge in [0.25, 0.3) is 5.91 Å². The van der Waals surface area contributed by atoms with Gasteiger partial charge in [0.1, 0.15) is 5.82 Å². The van der Waals surface area contributed by atoms with Crippen LogP contribution in [0.15, 0.2) is 18.2 Å². The summed E-state index contributed by atoms with van der Waals surface area (Å²) < 4.78 is 25.4. The molecule has 1 saturated carbocycles. The lowest BCUT2D eigenvalue weighted by molar-refractivity contribution is -0.181. The van der Waals surface area contributed by atoms with Gasteiger partial charge in [0.15, 0.2) is 5.79 Å². The summed E-state index contributed by atoms with van der Waals surface area (Å²) in [5.41, 5.74) is 0.297. The van der Waals surface area contributed by atoms with E-state index in [0.717, 1.165) is 19.3 Å². The Morgan fingerprint density at radius 1 is 1.29 bits per heavy atom. The normalized spacial score (nSPS) is 22.3. The van der Waals surface area contributed by atoms with Crippen molar-refractivity contribution in [1.82, 2.24) is 5.32 Å². The van der Waals surface area contributed by atoms with Crippen molar-refractivity contribution in [2.24, 2.45) is 0 Å². The van der Waals surface area contributed by atoms with Crippen LogP contribution >= 0.6 is 0 Å². The van der Waals surface area contributed by atoms with E-state index in [1.807, 2.05) is 0 Å². The number of nitrogens with one attached hydrogen (secondary N) is 2. The number of benzene rings is 1. The molecule has 2 amide bonds. The summed E-state index contributed by atoms with van der Waals surface area (Å²) in [7, 11) is 0. The second-order valence-corrected chi connectivity index (χ2v) is 6.25. The summed E-state index contributed by atoms with van der Waals surface area (Å²) in [5.74, 6) is -2.01. The Morgan fingerprint density at radius 3 is 2.75 bits per heavy atom. The van der Waals surface area contributed by atoms with Crippen molar-refractivity contribution in [3.63, 3.8) is 0 Å². The predicted octanol–water partition coefficient (Wildman–Crippen LogP) is 2.20. The largest absolute Gasteiger partial charge is 0.349 e. The maximum Gasteiger partial charge on any atom is 0.254 e. The van der Waals surface area contributed by atoms with Gasteiger partial charge < -0.3 is 20.1 Å². The zero-order valence-corrected chi connectivity index (χ0v) is 13.6. The molecule has 3 rings (SSSR count). The van der Waals surface area contributed by atoms with E-state index in [1.54, 1.807) is 0 Å². The van der Waals surface area contributed by atoms with E-state index in [1.165, 1.54) is 25.1 Å². The van der Waals surface area contributed by atoms with E-state index in [4.69, 9.17) is 9.47 Å². The maximum absolute atomic E-state index is 14.0. The molecule has 6 nitrogen and oxygen atoms in total. The van der Waals surface area contributed by atoms with Crippen molar-refractivity contribution < 1.29 is 23.5 Å². The first-order chi connectivity index (χ1) is 11.5. The number of hydrogen-bond donors (Lipinski definition) is 2. The molecule has 1 saturated heterocycles. The van der Waals surface area contributed by atoms with Crippen LogP contribution in [0.5, 0.6) is 0 Å². The minimum Gasteiger partial charge on any atom is -0.349 e. The van der Waals surface area contributed by atoms with Crippen LogP contribution in [0.1, 0.15) is 43.0 Å². The summed E-state index contributed by atoms with van der Waals surface area (Å²) in [6.45, 7) is 2.48. The van der Waals surface area contributed by atoms with Gasteiger partial charge in [0.2, 0.25) is 5.91 Å². The Balaban J connectivity index is 1.69. The summed E-state index contributed by atoms with van der Waals surface area (Å²) >= 11 is 0. The Morgan fingerprint density at radius 2 is 2.04 bits per heavy atom. The quantitative estimate of drug-likeness (QED) is 0.887. The average molecular weight is 336 g/mol. The molecule has 1 aromatic carbocycles. The van der Waals surface area contributed by atoms with Gasteiger partial charge in [-0.05, 0) is 31.0 Å². The molecule has 1 unspecified atom stereocenters. The average Bonchev–Trinajstić information content (AvgIpc) is 2.96. The number of anilines is 1. The minimum atomic E-state index is -0.625. The zero-order chi connectivity index (χ0) is 17.2. The third kappa shape index (κ3) is 3.73. The summed E-state index contributed by atoms with van der Waals surface area (Å²) in [6.07, 6.45) is 3.05. The lowest BCUT2D eigenvalue weighted by atomic mass is 9.89. The second kappa shape index (κ2) is 6.86. The van der Waals surface area contributed by atoms with Crippen molar-refractivity contribution in [3.05, 3.63) is 29.6 Å². The van der Waals surface area contributed by atoms with Crippen LogP contribution < -0.4 is 10.6 Å². The van der Waals surface area contributed by atoms with E-state index in [0.29, 0.717) is 25.3 Å². The van der Waals surface area contributed by atoms with Crippen molar-refractivity contribution >= 4 is 17.5 Å². The highest BCUT2D eigenvalue weighted by Crippen LogP contribution is 2.35. The lowest BCUT2D eigenvalue weighted by Crippen LogP contribution is -2.46. The predicted molar refractivity (Wildman–Crippen MR) is 85.1 cm³/mol. The van der Waals surface area contributed by atoms with Crippen LogP contribution in [0.4, 0.5) is 10.1 Å². The lowest BCUT2D eigenvalue weighted by Gasteiger charge is -2.36. The zero-order valence-electron chi connectivity index (χ0n) is 13.6. The second-order valence-electron chi connectivity index (χ2n) is 6.25. The SMILES string of the molecule is CC(=O)Nc1ccc(F)c(C(=O)NC2CCCC3(C2)OCCO3)c1. The number of rotatable bonds is 3. The number of carbonyl (C=O) groups excluding carboxylic acids is 2. The fourth-order valence-corrected chi connectivity index (χ4v) is 3.32. The smallest absolute Gasteiger partial charge is 0.254 e. The molecule has 0 bridgehead atoms.